The zero-order valence-electron chi connectivity index (χ0n) is 16.1. The molecule has 3 aromatic carbocycles. The van der Waals surface area contributed by atoms with Crippen LogP contribution in [0.15, 0.2) is 60.7 Å². The summed E-state index contributed by atoms with van der Waals surface area (Å²) < 4.78 is 16.6. The summed E-state index contributed by atoms with van der Waals surface area (Å²) in [5.41, 5.74) is 4.21. The Morgan fingerprint density at radius 2 is 1.86 bits per heavy atom. The summed E-state index contributed by atoms with van der Waals surface area (Å²) in [6.45, 7) is 2.17. The van der Waals surface area contributed by atoms with Crippen LogP contribution in [-0.4, -0.2) is 19.8 Å². The molecular formula is C23H20N2O4. The van der Waals surface area contributed by atoms with Crippen LogP contribution in [0.4, 0.5) is 11.4 Å². The number of carbonyl (C=O) groups is 1. The molecule has 2 heterocycles. The number of nitrogens with one attached hydrogen (secondary N) is 1. The second-order valence-electron chi connectivity index (χ2n) is 7.06. The topological polar surface area (TPSA) is 60.0 Å². The summed E-state index contributed by atoms with van der Waals surface area (Å²) in [5, 5.41) is 3.50. The molecule has 0 aromatic heterocycles. The van der Waals surface area contributed by atoms with Gasteiger partial charge in [0.1, 0.15) is 6.17 Å². The summed E-state index contributed by atoms with van der Waals surface area (Å²) in [7, 11) is 1.59. The van der Waals surface area contributed by atoms with Gasteiger partial charge in [-0.2, -0.15) is 0 Å². The van der Waals surface area contributed by atoms with Crippen molar-refractivity contribution in [3.8, 4) is 17.2 Å². The van der Waals surface area contributed by atoms with Crippen molar-refractivity contribution in [3.05, 3.63) is 77.4 Å². The lowest BCUT2D eigenvalue weighted by atomic mass is 10.0. The maximum absolute atomic E-state index is 13.5. The zero-order valence-corrected chi connectivity index (χ0v) is 16.1. The second kappa shape index (κ2) is 6.74. The van der Waals surface area contributed by atoms with E-state index in [0.29, 0.717) is 22.8 Å². The van der Waals surface area contributed by atoms with Crippen molar-refractivity contribution >= 4 is 17.3 Å². The third kappa shape index (κ3) is 2.84. The molecule has 0 aliphatic carbocycles. The highest BCUT2D eigenvalue weighted by atomic mass is 16.7. The molecule has 2 aliphatic rings. The highest BCUT2D eigenvalue weighted by Crippen LogP contribution is 2.45. The highest BCUT2D eigenvalue weighted by molar-refractivity contribution is 6.12. The van der Waals surface area contributed by atoms with Gasteiger partial charge in [0, 0.05) is 16.9 Å². The first-order chi connectivity index (χ1) is 14.2. The van der Waals surface area contributed by atoms with Crippen molar-refractivity contribution in [2.75, 3.05) is 24.1 Å². The van der Waals surface area contributed by atoms with E-state index < -0.39 is 6.17 Å². The molecule has 1 N–H and O–H groups in total. The van der Waals surface area contributed by atoms with Crippen LogP contribution in [0.2, 0.25) is 0 Å². The fourth-order valence-corrected chi connectivity index (χ4v) is 3.77. The lowest BCUT2D eigenvalue weighted by molar-refractivity contribution is 0.0974. The molecule has 29 heavy (non-hydrogen) atoms. The number of methoxy groups -OCH3 is 1. The van der Waals surface area contributed by atoms with Crippen molar-refractivity contribution < 1.29 is 19.0 Å². The number of carbonyl (C=O) groups excluding carboxylic acids is 1. The Balaban J connectivity index is 1.67. The summed E-state index contributed by atoms with van der Waals surface area (Å²) in [6.07, 6.45) is -0.427. The smallest absolute Gasteiger partial charge is 0.262 e. The number of aryl methyl sites for hydroxylation is 1. The number of para-hydroxylation sites is 1. The van der Waals surface area contributed by atoms with Crippen LogP contribution < -0.4 is 24.4 Å². The predicted molar refractivity (Wildman–Crippen MR) is 110 cm³/mol. The number of fused-ring (bicyclic) bond motifs is 2. The second-order valence-corrected chi connectivity index (χ2v) is 7.06. The van der Waals surface area contributed by atoms with E-state index in [4.69, 9.17) is 14.2 Å². The Labute approximate surface area is 168 Å². The molecule has 6 heteroatoms. The summed E-state index contributed by atoms with van der Waals surface area (Å²) in [6, 6.07) is 19.2. The number of amides is 1. The average molecular weight is 388 g/mol. The molecule has 2 aliphatic heterocycles. The standard InChI is InChI=1S/C23H20N2O4/c1-14-7-9-16(10-8-14)25-22(24-18-6-4-3-5-17(18)23(25)26)15-11-19(27-2)21-20(12-15)28-13-29-21/h3-12,22,24H,13H2,1-2H3/t22-/m0/s1. The SMILES string of the molecule is COc1cc([C@H]2Nc3ccccc3C(=O)N2c2ccc(C)cc2)cc2c1OCO2. The average Bonchev–Trinajstić information content (AvgIpc) is 3.23. The summed E-state index contributed by atoms with van der Waals surface area (Å²) >= 11 is 0. The number of rotatable bonds is 3. The number of hydrogen-bond donors (Lipinski definition) is 1. The maximum atomic E-state index is 13.5. The van der Waals surface area contributed by atoms with E-state index in [1.165, 1.54) is 0 Å². The fraction of sp³-hybridized carbons (Fsp3) is 0.174. The Hall–Kier alpha value is -3.67. The van der Waals surface area contributed by atoms with Gasteiger partial charge >= 0.3 is 0 Å². The van der Waals surface area contributed by atoms with E-state index in [0.717, 1.165) is 22.5 Å². The van der Waals surface area contributed by atoms with Crippen molar-refractivity contribution in [1.29, 1.82) is 0 Å². The third-order valence-electron chi connectivity index (χ3n) is 5.24. The Morgan fingerprint density at radius 3 is 2.66 bits per heavy atom. The molecule has 0 unspecified atom stereocenters. The Bertz CT molecular complexity index is 1090. The number of ether oxygens (including phenoxy) is 3. The van der Waals surface area contributed by atoms with Crippen molar-refractivity contribution in [1.82, 2.24) is 0 Å². The minimum atomic E-state index is -0.427. The molecule has 0 saturated heterocycles. The molecule has 1 amide bonds. The molecule has 3 aromatic rings. The molecule has 0 saturated carbocycles. The Kier molecular flexibility index (Phi) is 4.05. The molecule has 146 valence electrons. The molecule has 0 radical (unpaired) electrons. The number of nitrogens with zero attached hydrogens (tertiary/aromatic N) is 1. The maximum Gasteiger partial charge on any atom is 0.262 e. The lowest BCUT2D eigenvalue weighted by Gasteiger charge is -2.38. The van der Waals surface area contributed by atoms with Crippen LogP contribution in [0.3, 0.4) is 0 Å². The first-order valence-corrected chi connectivity index (χ1v) is 9.39. The number of anilines is 2. The van der Waals surface area contributed by atoms with Crippen molar-refractivity contribution in [2.45, 2.75) is 13.1 Å². The van der Waals surface area contributed by atoms with Crippen molar-refractivity contribution in [3.63, 3.8) is 0 Å². The zero-order chi connectivity index (χ0) is 20.0. The molecule has 0 spiro atoms. The summed E-state index contributed by atoms with van der Waals surface area (Å²) in [4.78, 5) is 15.2. The first kappa shape index (κ1) is 17.4. The van der Waals surface area contributed by atoms with Gasteiger partial charge in [0.2, 0.25) is 12.5 Å². The molecule has 0 fully saturated rings. The quantitative estimate of drug-likeness (QED) is 0.716. The highest BCUT2D eigenvalue weighted by Gasteiger charge is 2.35. The molecule has 6 nitrogen and oxygen atoms in total. The lowest BCUT2D eigenvalue weighted by Crippen LogP contribution is -2.43. The van der Waals surface area contributed by atoms with Gasteiger partial charge in [-0.15, -0.1) is 0 Å². The molecule has 0 bridgehead atoms. The van der Waals surface area contributed by atoms with E-state index in [1.54, 1.807) is 12.0 Å². The van der Waals surface area contributed by atoms with E-state index in [2.05, 4.69) is 5.32 Å². The van der Waals surface area contributed by atoms with Gasteiger partial charge in [0.25, 0.3) is 5.91 Å². The van der Waals surface area contributed by atoms with Crippen LogP contribution >= 0.6 is 0 Å². The van der Waals surface area contributed by atoms with Gasteiger partial charge in [-0.05, 0) is 43.3 Å². The minimum absolute atomic E-state index is 0.0650. The Morgan fingerprint density at radius 1 is 1.07 bits per heavy atom. The van der Waals surface area contributed by atoms with Crippen LogP contribution in [0.1, 0.15) is 27.7 Å². The van der Waals surface area contributed by atoms with Crippen LogP contribution in [-0.2, 0) is 0 Å². The minimum Gasteiger partial charge on any atom is -0.493 e. The predicted octanol–water partition coefficient (Wildman–Crippen LogP) is 4.50. The number of hydrogen-bond acceptors (Lipinski definition) is 5. The van der Waals surface area contributed by atoms with Gasteiger partial charge < -0.3 is 19.5 Å². The van der Waals surface area contributed by atoms with E-state index in [1.807, 2.05) is 67.6 Å². The van der Waals surface area contributed by atoms with E-state index in [9.17, 15) is 4.79 Å². The molecule has 1 atom stereocenters. The number of benzene rings is 3. The molecular weight excluding hydrogens is 368 g/mol. The summed E-state index contributed by atoms with van der Waals surface area (Å²) in [5.74, 6) is 1.70. The van der Waals surface area contributed by atoms with Gasteiger partial charge in [-0.1, -0.05) is 29.8 Å². The monoisotopic (exact) mass is 388 g/mol. The van der Waals surface area contributed by atoms with Crippen LogP contribution in [0.25, 0.3) is 0 Å². The fourth-order valence-electron chi connectivity index (χ4n) is 3.77. The van der Waals surface area contributed by atoms with Crippen LogP contribution in [0.5, 0.6) is 17.2 Å². The normalized spacial score (nSPS) is 17.0. The largest absolute Gasteiger partial charge is 0.493 e. The van der Waals surface area contributed by atoms with E-state index >= 15 is 0 Å². The van der Waals surface area contributed by atoms with Gasteiger partial charge in [0.15, 0.2) is 11.5 Å². The third-order valence-corrected chi connectivity index (χ3v) is 5.24. The van der Waals surface area contributed by atoms with Gasteiger partial charge in [0.05, 0.1) is 12.7 Å². The van der Waals surface area contributed by atoms with E-state index in [-0.39, 0.29) is 12.7 Å². The first-order valence-electron chi connectivity index (χ1n) is 9.39. The van der Waals surface area contributed by atoms with Gasteiger partial charge in [-0.25, -0.2) is 0 Å². The van der Waals surface area contributed by atoms with Crippen LogP contribution in [0, 0.1) is 6.92 Å². The van der Waals surface area contributed by atoms with Crippen molar-refractivity contribution in [2.24, 2.45) is 0 Å². The van der Waals surface area contributed by atoms with Gasteiger partial charge in [-0.3, -0.25) is 9.69 Å². The molecule has 5 rings (SSSR count).